The smallest absolute Gasteiger partial charge is 0.333 e. The summed E-state index contributed by atoms with van der Waals surface area (Å²) < 4.78 is 0. The van der Waals surface area contributed by atoms with Crippen LogP contribution in [0, 0.1) is 0 Å². The largest absolute Gasteiger partial charge is 0.341 e. The van der Waals surface area contributed by atoms with Crippen LogP contribution in [0.15, 0.2) is 0 Å². The van der Waals surface area contributed by atoms with E-state index in [9.17, 15) is 4.79 Å². The number of nitrogens with one attached hydrogen (secondary N) is 1. The zero-order chi connectivity index (χ0) is 8.27. The van der Waals surface area contributed by atoms with Crippen LogP contribution in [-0.4, -0.2) is 30.8 Å². The van der Waals surface area contributed by atoms with E-state index < -0.39 is 0 Å². The fourth-order valence-corrected chi connectivity index (χ4v) is 0.745. The van der Waals surface area contributed by atoms with Crippen molar-refractivity contribution in [2.75, 3.05) is 13.7 Å². The van der Waals surface area contributed by atoms with Crippen molar-refractivity contribution in [1.29, 1.82) is 0 Å². The summed E-state index contributed by atoms with van der Waals surface area (Å²) in [4.78, 5) is 16.0. The highest BCUT2D eigenvalue weighted by atomic mass is 16.7. The molecule has 11 heavy (non-hydrogen) atoms. The normalized spacial score (nSPS) is 16.2. The van der Waals surface area contributed by atoms with Gasteiger partial charge in [-0.25, -0.2) is 9.86 Å². The van der Waals surface area contributed by atoms with Crippen LogP contribution in [-0.2, 0) is 4.84 Å². The van der Waals surface area contributed by atoms with E-state index in [2.05, 4.69) is 5.32 Å². The SMILES string of the molecule is CCON(C)C(=O)NC1CC1. The summed E-state index contributed by atoms with van der Waals surface area (Å²) in [5.41, 5.74) is 0. The lowest BCUT2D eigenvalue weighted by molar-refractivity contribution is -0.0923. The third kappa shape index (κ3) is 2.76. The Hall–Kier alpha value is -0.770. The molecule has 0 atom stereocenters. The van der Waals surface area contributed by atoms with Gasteiger partial charge in [-0.2, -0.15) is 0 Å². The number of urea groups is 1. The van der Waals surface area contributed by atoms with Gasteiger partial charge in [0.2, 0.25) is 0 Å². The van der Waals surface area contributed by atoms with Crippen molar-refractivity contribution in [1.82, 2.24) is 10.4 Å². The van der Waals surface area contributed by atoms with Gasteiger partial charge in [0.25, 0.3) is 0 Å². The van der Waals surface area contributed by atoms with Crippen LogP contribution in [0.3, 0.4) is 0 Å². The van der Waals surface area contributed by atoms with Crippen molar-refractivity contribution in [2.24, 2.45) is 0 Å². The van der Waals surface area contributed by atoms with Gasteiger partial charge in [-0.1, -0.05) is 0 Å². The van der Waals surface area contributed by atoms with Gasteiger partial charge in [-0.3, -0.25) is 4.84 Å². The van der Waals surface area contributed by atoms with Gasteiger partial charge >= 0.3 is 6.03 Å². The van der Waals surface area contributed by atoms with Gasteiger partial charge in [-0.15, -0.1) is 0 Å². The first-order chi connectivity index (χ1) is 5.24. The Balaban J connectivity index is 2.15. The molecule has 1 saturated carbocycles. The number of hydrogen-bond donors (Lipinski definition) is 1. The highest BCUT2D eigenvalue weighted by molar-refractivity contribution is 5.73. The lowest BCUT2D eigenvalue weighted by Crippen LogP contribution is -2.38. The van der Waals surface area contributed by atoms with Crippen molar-refractivity contribution < 1.29 is 9.63 Å². The van der Waals surface area contributed by atoms with Crippen LogP contribution < -0.4 is 5.32 Å². The molecule has 4 heteroatoms. The van der Waals surface area contributed by atoms with Gasteiger partial charge in [0.15, 0.2) is 0 Å². The number of nitrogens with zero attached hydrogens (tertiary/aromatic N) is 1. The molecule has 0 bridgehead atoms. The minimum atomic E-state index is -0.144. The second kappa shape index (κ2) is 3.57. The molecule has 4 nitrogen and oxygen atoms in total. The first-order valence-electron chi connectivity index (χ1n) is 3.91. The molecule has 0 saturated heterocycles. The molecule has 1 fully saturated rings. The van der Waals surface area contributed by atoms with E-state index >= 15 is 0 Å². The fraction of sp³-hybridized carbons (Fsp3) is 0.857. The van der Waals surface area contributed by atoms with Gasteiger partial charge in [0.05, 0.1) is 6.61 Å². The van der Waals surface area contributed by atoms with Crippen molar-refractivity contribution in [3.05, 3.63) is 0 Å². The van der Waals surface area contributed by atoms with Crippen LogP contribution in [0.5, 0.6) is 0 Å². The Kier molecular flexibility index (Phi) is 2.70. The third-order valence-electron chi connectivity index (χ3n) is 1.51. The molecule has 0 heterocycles. The van der Waals surface area contributed by atoms with Gasteiger partial charge in [-0.05, 0) is 19.8 Å². The number of carbonyl (C=O) groups is 1. The molecule has 1 aliphatic carbocycles. The monoisotopic (exact) mass is 158 g/mol. The van der Waals surface area contributed by atoms with E-state index in [1.165, 1.54) is 5.06 Å². The number of amides is 2. The summed E-state index contributed by atoms with van der Waals surface area (Å²) in [5, 5.41) is 4.03. The maximum Gasteiger partial charge on any atom is 0.341 e. The molecule has 1 N–H and O–H groups in total. The molecular formula is C7H14N2O2. The van der Waals surface area contributed by atoms with E-state index in [0.29, 0.717) is 12.6 Å². The van der Waals surface area contributed by atoms with Crippen LogP contribution >= 0.6 is 0 Å². The lowest BCUT2D eigenvalue weighted by Gasteiger charge is -2.15. The standard InChI is InChI=1S/C7H14N2O2/c1-3-11-9(2)7(10)8-6-4-5-6/h6H,3-5H2,1-2H3,(H,8,10). The van der Waals surface area contributed by atoms with Crippen molar-refractivity contribution >= 4 is 6.03 Å². The molecule has 0 aromatic heterocycles. The molecule has 64 valence electrons. The quantitative estimate of drug-likeness (QED) is 0.615. The summed E-state index contributed by atoms with van der Waals surface area (Å²) in [5.74, 6) is 0. The fourth-order valence-electron chi connectivity index (χ4n) is 0.745. The zero-order valence-electron chi connectivity index (χ0n) is 6.96. The van der Waals surface area contributed by atoms with E-state index in [1.807, 2.05) is 6.92 Å². The molecule has 0 aromatic rings. The second-order valence-corrected chi connectivity index (χ2v) is 2.64. The molecular weight excluding hydrogens is 144 g/mol. The zero-order valence-corrected chi connectivity index (χ0v) is 6.96. The maximum atomic E-state index is 11.1. The van der Waals surface area contributed by atoms with E-state index in [-0.39, 0.29) is 6.03 Å². The Morgan fingerprint density at radius 2 is 2.36 bits per heavy atom. The van der Waals surface area contributed by atoms with Gasteiger partial charge < -0.3 is 5.32 Å². The minimum absolute atomic E-state index is 0.144. The third-order valence-corrected chi connectivity index (χ3v) is 1.51. The topological polar surface area (TPSA) is 41.6 Å². The predicted octanol–water partition coefficient (Wildman–Crippen LogP) is 0.742. The highest BCUT2D eigenvalue weighted by Crippen LogP contribution is 2.18. The van der Waals surface area contributed by atoms with Crippen LogP contribution in [0.1, 0.15) is 19.8 Å². The maximum absolute atomic E-state index is 11.1. The Bertz CT molecular complexity index is 145. The summed E-state index contributed by atoms with van der Waals surface area (Å²) in [6.07, 6.45) is 2.21. The van der Waals surface area contributed by atoms with Crippen LogP contribution in [0.4, 0.5) is 4.79 Å². The Morgan fingerprint density at radius 1 is 1.73 bits per heavy atom. The summed E-state index contributed by atoms with van der Waals surface area (Å²) in [6.45, 7) is 2.37. The highest BCUT2D eigenvalue weighted by Gasteiger charge is 2.24. The Labute approximate surface area is 66.5 Å². The summed E-state index contributed by atoms with van der Waals surface area (Å²) >= 11 is 0. The van der Waals surface area contributed by atoms with Gasteiger partial charge in [0.1, 0.15) is 0 Å². The number of hydrogen-bond acceptors (Lipinski definition) is 2. The van der Waals surface area contributed by atoms with Crippen molar-refractivity contribution in [2.45, 2.75) is 25.8 Å². The lowest BCUT2D eigenvalue weighted by atomic mass is 10.7. The average Bonchev–Trinajstić information content (AvgIpc) is 2.72. The molecule has 1 rings (SSSR count). The van der Waals surface area contributed by atoms with Crippen molar-refractivity contribution in [3.8, 4) is 0 Å². The summed E-state index contributed by atoms with van der Waals surface area (Å²) in [6, 6.07) is 0.250. The first kappa shape index (κ1) is 8.33. The first-order valence-corrected chi connectivity index (χ1v) is 3.91. The molecule has 0 radical (unpaired) electrons. The molecule has 0 aromatic carbocycles. The average molecular weight is 158 g/mol. The van der Waals surface area contributed by atoms with E-state index in [4.69, 9.17) is 4.84 Å². The number of rotatable bonds is 3. The molecule has 0 aliphatic heterocycles. The van der Waals surface area contributed by atoms with E-state index in [1.54, 1.807) is 7.05 Å². The predicted molar refractivity (Wildman–Crippen MR) is 40.9 cm³/mol. The minimum Gasteiger partial charge on any atom is -0.333 e. The van der Waals surface area contributed by atoms with Gasteiger partial charge in [0, 0.05) is 13.1 Å². The molecule has 0 spiro atoms. The number of hydroxylamine groups is 2. The van der Waals surface area contributed by atoms with Crippen LogP contribution in [0.25, 0.3) is 0 Å². The molecule has 2 amide bonds. The molecule has 1 aliphatic rings. The second-order valence-electron chi connectivity index (χ2n) is 2.64. The Morgan fingerprint density at radius 3 is 2.82 bits per heavy atom. The number of carbonyl (C=O) groups excluding carboxylic acids is 1. The molecule has 0 unspecified atom stereocenters. The van der Waals surface area contributed by atoms with E-state index in [0.717, 1.165) is 12.8 Å². The summed E-state index contributed by atoms with van der Waals surface area (Å²) in [7, 11) is 1.61. The van der Waals surface area contributed by atoms with Crippen LogP contribution in [0.2, 0.25) is 0 Å². The van der Waals surface area contributed by atoms with Crippen molar-refractivity contribution in [3.63, 3.8) is 0 Å².